The zero-order valence-corrected chi connectivity index (χ0v) is 10.5. The number of nitrogens with zero attached hydrogens (tertiary/aromatic N) is 3. The Kier molecular flexibility index (Phi) is 3.60. The van der Waals surface area contributed by atoms with Crippen LogP contribution in [0.1, 0.15) is 23.2 Å². The molecule has 90 valence electrons. The first-order chi connectivity index (χ1) is 8.26. The largest absolute Gasteiger partial charge is 0.357 e. The van der Waals surface area contributed by atoms with Crippen LogP contribution in [0.25, 0.3) is 0 Å². The van der Waals surface area contributed by atoms with Gasteiger partial charge in [-0.25, -0.2) is 4.98 Å². The van der Waals surface area contributed by atoms with E-state index < -0.39 is 0 Å². The highest BCUT2D eigenvalue weighted by Crippen LogP contribution is 2.26. The lowest BCUT2D eigenvalue weighted by molar-refractivity contribution is 0.759. The number of nitriles is 1. The van der Waals surface area contributed by atoms with Gasteiger partial charge in [-0.15, -0.1) is 0 Å². The highest BCUT2D eigenvalue weighted by Gasteiger charge is 2.18. The molecule has 0 atom stereocenters. The molecule has 1 aliphatic rings. The van der Waals surface area contributed by atoms with Crippen molar-refractivity contribution in [3.05, 3.63) is 22.9 Å². The van der Waals surface area contributed by atoms with E-state index in [9.17, 15) is 5.26 Å². The molecule has 0 radical (unpaired) electrons. The lowest BCUT2D eigenvalue weighted by Crippen LogP contribution is -2.28. The summed E-state index contributed by atoms with van der Waals surface area (Å²) in [6.07, 6.45) is 3.28. The molecule has 1 heterocycles. The predicted molar refractivity (Wildman–Crippen MR) is 68.2 cm³/mol. The molecule has 0 amide bonds. The van der Waals surface area contributed by atoms with Gasteiger partial charge in [0.15, 0.2) is 0 Å². The quantitative estimate of drug-likeness (QED) is 0.841. The summed E-state index contributed by atoms with van der Waals surface area (Å²) < 4.78 is 0. The van der Waals surface area contributed by atoms with Gasteiger partial charge in [0.2, 0.25) is 0 Å². The van der Waals surface area contributed by atoms with E-state index in [1.807, 2.05) is 25.1 Å². The first kappa shape index (κ1) is 11.9. The molecule has 0 bridgehead atoms. The Morgan fingerprint density at radius 1 is 1.53 bits per heavy atom. The number of anilines is 1. The maximum atomic E-state index is 9.19. The summed E-state index contributed by atoms with van der Waals surface area (Å²) in [5.41, 5.74) is 3.13. The van der Waals surface area contributed by atoms with Crippen molar-refractivity contribution in [1.82, 2.24) is 10.3 Å². The number of aromatic nitrogens is 1. The maximum absolute atomic E-state index is 9.19. The van der Waals surface area contributed by atoms with Crippen LogP contribution in [-0.2, 0) is 12.8 Å². The van der Waals surface area contributed by atoms with Gasteiger partial charge in [0, 0.05) is 25.8 Å². The normalized spacial score (nSPS) is 13.2. The SMILES string of the molecule is CNCCN(C)c1nc2c(cc1C#N)CCC2. The molecule has 0 fully saturated rings. The van der Waals surface area contributed by atoms with E-state index >= 15 is 0 Å². The van der Waals surface area contributed by atoms with E-state index in [0.717, 1.165) is 38.2 Å². The van der Waals surface area contributed by atoms with Crippen LogP contribution in [0.5, 0.6) is 0 Å². The molecule has 0 aromatic carbocycles. The van der Waals surface area contributed by atoms with Crippen molar-refractivity contribution in [2.45, 2.75) is 19.3 Å². The minimum atomic E-state index is 0.698. The second-order valence-electron chi connectivity index (χ2n) is 4.46. The van der Waals surface area contributed by atoms with Crippen LogP contribution in [0.2, 0.25) is 0 Å². The maximum Gasteiger partial charge on any atom is 0.146 e. The number of likely N-dealkylation sites (N-methyl/N-ethyl adjacent to an activating group) is 2. The van der Waals surface area contributed by atoms with Crippen molar-refractivity contribution in [2.75, 3.05) is 32.1 Å². The number of hydrogen-bond donors (Lipinski definition) is 1. The van der Waals surface area contributed by atoms with E-state index in [-0.39, 0.29) is 0 Å². The molecule has 17 heavy (non-hydrogen) atoms. The van der Waals surface area contributed by atoms with Gasteiger partial charge in [-0.1, -0.05) is 0 Å². The number of aryl methyl sites for hydroxylation is 2. The third-order valence-corrected chi connectivity index (χ3v) is 3.21. The third kappa shape index (κ3) is 2.40. The van der Waals surface area contributed by atoms with Gasteiger partial charge in [-0.05, 0) is 37.9 Å². The molecule has 0 unspecified atom stereocenters. The lowest BCUT2D eigenvalue weighted by Gasteiger charge is -2.20. The Hall–Kier alpha value is -1.60. The summed E-state index contributed by atoms with van der Waals surface area (Å²) in [4.78, 5) is 6.70. The van der Waals surface area contributed by atoms with Crippen LogP contribution in [0, 0.1) is 11.3 Å². The molecule has 0 aliphatic heterocycles. The molecule has 4 heteroatoms. The summed E-state index contributed by atoms with van der Waals surface area (Å²) in [5.74, 6) is 0.823. The fourth-order valence-corrected chi connectivity index (χ4v) is 2.22. The van der Waals surface area contributed by atoms with E-state index in [1.165, 1.54) is 11.3 Å². The monoisotopic (exact) mass is 230 g/mol. The summed E-state index contributed by atoms with van der Waals surface area (Å²) in [6, 6.07) is 4.27. The molecule has 0 saturated carbocycles. The Morgan fingerprint density at radius 3 is 3.06 bits per heavy atom. The van der Waals surface area contributed by atoms with Crippen molar-refractivity contribution in [2.24, 2.45) is 0 Å². The smallest absolute Gasteiger partial charge is 0.146 e. The number of pyridine rings is 1. The Balaban J connectivity index is 2.29. The predicted octanol–water partition coefficient (Wildman–Crippen LogP) is 1.10. The standard InChI is InChI=1S/C13H18N4/c1-15-6-7-17(2)13-11(9-14)8-10-4-3-5-12(10)16-13/h8,15H,3-7H2,1-2H3. The fourth-order valence-electron chi connectivity index (χ4n) is 2.22. The highest BCUT2D eigenvalue weighted by molar-refractivity contribution is 5.56. The molecule has 1 N–H and O–H groups in total. The Labute approximate surface area is 102 Å². The summed E-state index contributed by atoms with van der Waals surface area (Å²) in [5, 5.41) is 12.3. The Bertz CT molecular complexity index is 447. The summed E-state index contributed by atoms with van der Waals surface area (Å²) >= 11 is 0. The van der Waals surface area contributed by atoms with Crippen LogP contribution in [0.4, 0.5) is 5.82 Å². The van der Waals surface area contributed by atoms with Crippen molar-refractivity contribution >= 4 is 5.82 Å². The lowest BCUT2D eigenvalue weighted by atomic mass is 10.1. The highest BCUT2D eigenvalue weighted by atomic mass is 15.2. The van der Waals surface area contributed by atoms with E-state index in [1.54, 1.807) is 0 Å². The average Bonchev–Trinajstić information content (AvgIpc) is 2.81. The zero-order chi connectivity index (χ0) is 12.3. The molecular weight excluding hydrogens is 212 g/mol. The zero-order valence-electron chi connectivity index (χ0n) is 10.5. The number of hydrogen-bond acceptors (Lipinski definition) is 4. The second kappa shape index (κ2) is 5.15. The number of fused-ring (bicyclic) bond motifs is 1. The molecule has 4 nitrogen and oxygen atoms in total. The van der Waals surface area contributed by atoms with Crippen LogP contribution in [0.3, 0.4) is 0 Å². The topological polar surface area (TPSA) is 52.0 Å². The summed E-state index contributed by atoms with van der Waals surface area (Å²) in [6.45, 7) is 1.75. The minimum absolute atomic E-state index is 0.698. The van der Waals surface area contributed by atoms with Crippen LogP contribution >= 0.6 is 0 Å². The molecule has 0 spiro atoms. The Morgan fingerprint density at radius 2 is 2.35 bits per heavy atom. The number of rotatable bonds is 4. The van der Waals surface area contributed by atoms with Gasteiger partial charge in [0.1, 0.15) is 11.9 Å². The first-order valence-electron chi connectivity index (χ1n) is 6.05. The molecule has 0 saturated heterocycles. The van der Waals surface area contributed by atoms with Gasteiger partial charge in [-0.3, -0.25) is 0 Å². The van der Waals surface area contributed by atoms with Gasteiger partial charge in [-0.2, -0.15) is 5.26 Å². The van der Waals surface area contributed by atoms with Crippen LogP contribution < -0.4 is 10.2 Å². The van der Waals surface area contributed by atoms with Crippen LogP contribution in [0.15, 0.2) is 6.07 Å². The van der Waals surface area contributed by atoms with Gasteiger partial charge in [0.05, 0.1) is 5.56 Å². The van der Waals surface area contributed by atoms with Gasteiger partial charge < -0.3 is 10.2 Å². The fraction of sp³-hybridized carbons (Fsp3) is 0.538. The molecule has 2 rings (SSSR count). The van der Waals surface area contributed by atoms with E-state index in [2.05, 4.69) is 16.4 Å². The van der Waals surface area contributed by atoms with Crippen molar-refractivity contribution in [1.29, 1.82) is 5.26 Å². The van der Waals surface area contributed by atoms with Gasteiger partial charge >= 0.3 is 0 Å². The molecular formula is C13H18N4. The van der Waals surface area contributed by atoms with E-state index in [0.29, 0.717) is 5.56 Å². The molecule has 1 aromatic heterocycles. The third-order valence-electron chi connectivity index (χ3n) is 3.21. The van der Waals surface area contributed by atoms with E-state index in [4.69, 9.17) is 0 Å². The van der Waals surface area contributed by atoms with Crippen molar-refractivity contribution in [3.8, 4) is 6.07 Å². The summed E-state index contributed by atoms with van der Waals surface area (Å²) in [7, 11) is 3.91. The van der Waals surface area contributed by atoms with Gasteiger partial charge in [0.25, 0.3) is 0 Å². The molecule has 1 aliphatic carbocycles. The number of nitrogens with one attached hydrogen (secondary N) is 1. The first-order valence-corrected chi connectivity index (χ1v) is 6.05. The average molecular weight is 230 g/mol. The second-order valence-corrected chi connectivity index (χ2v) is 4.46. The molecule has 1 aromatic rings. The minimum Gasteiger partial charge on any atom is -0.357 e. The van der Waals surface area contributed by atoms with Crippen LogP contribution in [-0.4, -0.2) is 32.2 Å². The van der Waals surface area contributed by atoms with Crippen molar-refractivity contribution < 1.29 is 0 Å². The van der Waals surface area contributed by atoms with Crippen molar-refractivity contribution in [3.63, 3.8) is 0 Å².